The van der Waals surface area contributed by atoms with Gasteiger partial charge in [0.1, 0.15) is 18.1 Å². The summed E-state index contributed by atoms with van der Waals surface area (Å²) in [6, 6.07) is 7.60. The predicted molar refractivity (Wildman–Crippen MR) is 113 cm³/mol. The van der Waals surface area contributed by atoms with Gasteiger partial charge in [-0.2, -0.15) is 0 Å². The molecule has 1 amide bonds. The maximum atomic E-state index is 12.2. The Bertz CT molecular complexity index is 1150. The third-order valence-corrected chi connectivity index (χ3v) is 5.64. The Hall–Kier alpha value is -3.53. The van der Waals surface area contributed by atoms with E-state index in [1.165, 1.54) is 0 Å². The highest BCUT2D eigenvalue weighted by atomic mass is 16.5. The molecule has 10 nitrogen and oxygen atoms in total. The fourth-order valence-corrected chi connectivity index (χ4v) is 4.10. The number of carbonyl (C=O) groups is 1. The number of carbonyl (C=O) groups excluding carboxylic acids is 1. The first-order chi connectivity index (χ1) is 15.0. The van der Waals surface area contributed by atoms with E-state index in [-0.39, 0.29) is 17.8 Å². The first kappa shape index (κ1) is 19.4. The van der Waals surface area contributed by atoms with Crippen LogP contribution in [-0.2, 0) is 4.74 Å². The van der Waals surface area contributed by atoms with Gasteiger partial charge in [0.15, 0.2) is 5.82 Å². The number of tetrazole rings is 1. The molecule has 5 rings (SSSR count). The summed E-state index contributed by atoms with van der Waals surface area (Å²) < 4.78 is 13.6. The fourth-order valence-electron chi connectivity index (χ4n) is 4.10. The van der Waals surface area contributed by atoms with Gasteiger partial charge < -0.3 is 20.1 Å². The molecular weight excluding hydrogens is 398 g/mol. The molecule has 4 heterocycles. The number of nitrogens with two attached hydrogens (primary N) is 1. The Kier molecular flexibility index (Phi) is 4.78. The minimum atomic E-state index is -0.596. The predicted octanol–water partition coefficient (Wildman–Crippen LogP) is 1.68. The van der Waals surface area contributed by atoms with Crippen LogP contribution in [0.3, 0.4) is 0 Å². The zero-order valence-electron chi connectivity index (χ0n) is 17.4. The van der Waals surface area contributed by atoms with E-state index in [1.807, 2.05) is 38.1 Å². The van der Waals surface area contributed by atoms with Gasteiger partial charge in [0.2, 0.25) is 0 Å². The summed E-state index contributed by atoms with van der Waals surface area (Å²) in [7, 11) is 0. The average Bonchev–Trinajstić information content (AvgIpc) is 3.22. The molecule has 160 valence electrons. The lowest BCUT2D eigenvalue weighted by molar-refractivity contribution is 0.0532. The molecule has 0 unspecified atom stereocenters. The van der Waals surface area contributed by atoms with Gasteiger partial charge in [0.05, 0.1) is 36.2 Å². The number of aromatic nitrogens is 5. The van der Waals surface area contributed by atoms with E-state index in [1.54, 1.807) is 10.9 Å². The number of nitrogens with zero attached hydrogens (tertiary/aromatic N) is 6. The van der Waals surface area contributed by atoms with Gasteiger partial charge in [-0.25, -0.2) is 9.67 Å². The molecule has 0 radical (unpaired) electrons. The minimum Gasteiger partial charge on any atom is -0.490 e. The van der Waals surface area contributed by atoms with Crippen molar-refractivity contribution >= 4 is 11.6 Å². The van der Waals surface area contributed by atoms with Crippen molar-refractivity contribution in [1.29, 1.82) is 0 Å². The number of morpholine rings is 1. The number of primary amides is 1. The van der Waals surface area contributed by atoms with Gasteiger partial charge in [0, 0.05) is 24.2 Å². The van der Waals surface area contributed by atoms with E-state index in [4.69, 9.17) is 15.2 Å². The number of benzene rings is 1. The molecule has 0 spiro atoms. The summed E-state index contributed by atoms with van der Waals surface area (Å²) in [5, 5.41) is 12.1. The number of hydrogen-bond acceptors (Lipinski definition) is 8. The molecule has 1 fully saturated rings. The summed E-state index contributed by atoms with van der Waals surface area (Å²) in [6.45, 7) is 6.54. The Balaban J connectivity index is 1.67. The van der Waals surface area contributed by atoms with Crippen LogP contribution in [0, 0.1) is 0 Å². The van der Waals surface area contributed by atoms with Crippen molar-refractivity contribution in [2.75, 3.05) is 31.2 Å². The van der Waals surface area contributed by atoms with Crippen LogP contribution in [0.1, 0.15) is 30.4 Å². The summed E-state index contributed by atoms with van der Waals surface area (Å²) in [5.41, 5.74) is 8.88. The summed E-state index contributed by atoms with van der Waals surface area (Å²) in [6.07, 6.45) is 1.80. The quantitative estimate of drug-likeness (QED) is 0.678. The standard InChI is InChI=1S/C21H23N7O3/c1-12-11-31-19-15(4-3-5-16(19)21-24-25-26-28(12)21)17-8-14(9-23-18(17)20(22)29)27-6-7-30-13(2)10-27/h3-5,8-9,12-13H,6-7,10-11H2,1-2H3,(H2,22,29)/t12-,13-/m1/s1. The lowest BCUT2D eigenvalue weighted by atomic mass is 9.98. The van der Waals surface area contributed by atoms with Gasteiger partial charge in [-0.15, -0.1) is 5.10 Å². The van der Waals surface area contributed by atoms with Crippen LogP contribution in [0.15, 0.2) is 30.5 Å². The van der Waals surface area contributed by atoms with Crippen LogP contribution in [0.4, 0.5) is 5.69 Å². The van der Waals surface area contributed by atoms with E-state index in [0.717, 1.165) is 29.9 Å². The van der Waals surface area contributed by atoms with Crippen LogP contribution in [0.25, 0.3) is 22.5 Å². The Morgan fingerprint density at radius 1 is 1.23 bits per heavy atom. The highest BCUT2D eigenvalue weighted by Gasteiger charge is 2.27. The maximum absolute atomic E-state index is 12.2. The molecule has 0 bridgehead atoms. The number of hydrogen-bond donors (Lipinski definition) is 1. The number of rotatable bonds is 3. The van der Waals surface area contributed by atoms with Gasteiger partial charge in [-0.3, -0.25) is 4.79 Å². The Labute approximate surface area is 179 Å². The largest absolute Gasteiger partial charge is 0.490 e. The molecule has 1 saturated heterocycles. The van der Waals surface area contributed by atoms with Gasteiger partial charge in [-0.1, -0.05) is 12.1 Å². The Morgan fingerprint density at radius 2 is 2.06 bits per heavy atom. The first-order valence-electron chi connectivity index (χ1n) is 10.2. The number of amides is 1. The third kappa shape index (κ3) is 3.38. The molecule has 2 N–H and O–H groups in total. The monoisotopic (exact) mass is 421 g/mol. The van der Waals surface area contributed by atoms with Gasteiger partial charge >= 0.3 is 0 Å². The molecule has 3 aromatic rings. The van der Waals surface area contributed by atoms with Crippen molar-refractivity contribution in [1.82, 2.24) is 25.2 Å². The van der Waals surface area contributed by atoms with Crippen molar-refractivity contribution in [3.05, 3.63) is 36.2 Å². The molecule has 2 aliphatic rings. The SMILES string of the molecule is C[C@@H]1CN(c2cnc(C(N)=O)c(-c3cccc4c3OC[C@@H](C)n3nnnc3-4)c2)CCO1. The number of fused-ring (bicyclic) bond motifs is 3. The number of ether oxygens (including phenoxy) is 2. The molecular formula is C21H23N7O3. The van der Waals surface area contributed by atoms with Gasteiger partial charge in [-0.05, 0) is 36.4 Å². The van der Waals surface area contributed by atoms with E-state index in [2.05, 4.69) is 25.4 Å². The average molecular weight is 421 g/mol. The van der Waals surface area contributed by atoms with E-state index in [9.17, 15) is 4.79 Å². The third-order valence-electron chi connectivity index (χ3n) is 5.64. The topological polar surface area (TPSA) is 121 Å². The lowest BCUT2D eigenvalue weighted by Gasteiger charge is -2.33. The molecule has 0 aliphatic carbocycles. The fraction of sp³-hybridized carbons (Fsp3) is 0.381. The molecule has 2 aliphatic heterocycles. The van der Waals surface area contributed by atoms with Crippen molar-refractivity contribution < 1.29 is 14.3 Å². The van der Waals surface area contributed by atoms with Crippen molar-refractivity contribution in [2.45, 2.75) is 26.0 Å². The highest BCUT2D eigenvalue weighted by molar-refractivity contribution is 6.00. The molecule has 31 heavy (non-hydrogen) atoms. The second-order valence-corrected chi connectivity index (χ2v) is 7.87. The van der Waals surface area contributed by atoms with Crippen LogP contribution in [0.2, 0.25) is 0 Å². The second kappa shape index (κ2) is 7.62. The maximum Gasteiger partial charge on any atom is 0.267 e. The first-order valence-corrected chi connectivity index (χ1v) is 10.2. The smallest absolute Gasteiger partial charge is 0.267 e. The number of para-hydroxylation sites is 1. The van der Waals surface area contributed by atoms with Crippen molar-refractivity contribution in [3.63, 3.8) is 0 Å². The normalized spacial score (nSPS) is 20.4. The zero-order chi connectivity index (χ0) is 21.5. The summed E-state index contributed by atoms with van der Waals surface area (Å²) in [4.78, 5) is 18.8. The number of anilines is 1. The van der Waals surface area contributed by atoms with E-state index >= 15 is 0 Å². The minimum absolute atomic E-state index is 0.0415. The number of pyridine rings is 1. The van der Waals surface area contributed by atoms with Crippen molar-refractivity contribution in [2.24, 2.45) is 5.73 Å². The van der Waals surface area contributed by atoms with Crippen LogP contribution < -0.4 is 15.4 Å². The Morgan fingerprint density at radius 3 is 2.87 bits per heavy atom. The molecule has 2 atom stereocenters. The molecule has 1 aromatic carbocycles. The highest BCUT2D eigenvalue weighted by Crippen LogP contribution is 2.42. The van der Waals surface area contributed by atoms with Crippen LogP contribution >= 0.6 is 0 Å². The van der Waals surface area contributed by atoms with E-state index in [0.29, 0.717) is 30.4 Å². The van der Waals surface area contributed by atoms with Crippen LogP contribution in [-0.4, -0.2) is 63.5 Å². The second-order valence-electron chi connectivity index (χ2n) is 7.87. The lowest BCUT2D eigenvalue weighted by Crippen LogP contribution is -2.41. The van der Waals surface area contributed by atoms with E-state index < -0.39 is 5.91 Å². The molecule has 10 heteroatoms. The molecule has 0 saturated carbocycles. The molecule has 2 aromatic heterocycles. The van der Waals surface area contributed by atoms with Crippen LogP contribution in [0.5, 0.6) is 5.75 Å². The van der Waals surface area contributed by atoms with Gasteiger partial charge in [0.25, 0.3) is 5.91 Å². The van der Waals surface area contributed by atoms with Crippen molar-refractivity contribution in [3.8, 4) is 28.3 Å². The summed E-state index contributed by atoms with van der Waals surface area (Å²) >= 11 is 0. The summed E-state index contributed by atoms with van der Waals surface area (Å²) in [5.74, 6) is 0.634. The zero-order valence-corrected chi connectivity index (χ0v) is 17.4.